The predicted octanol–water partition coefficient (Wildman–Crippen LogP) is 12.0. The summed E-state index contributed by atoms with van der Waals surface area (Å²) in [7, 11) is 0. The van der Waals surface area contributed by atoms with Gasteiger partial charge >= 0.3 is 0 Å². The second kappa shape index (κ2) is 8.87. The summed E-state index contributed by atoms with van der Waals surface area (Å²) in [6.45, 7) is 0. The summed E-state index contributed by atoms with van der Waals surface area (Å²) in [6.07, 6.45) is 0. The van der Waals surface area contributed by atoms with Gasteiger partial charge in [0, 0.05) is 42.7 Å². The molecule has 4 heterocycles. The third-order valence-electron chi connectivity index (χ3n) is 9.80. The molecule has 1 aliphatic heterocycles. The molecule has 0 unspecified atom stereocenters. The van der Waals surface area contributed by atoms with Gasteiger partial charge in [0.1, 0.15) is 0 Å². The molecule has 0 spiro atoms. The largest absolute Gasteiger partial charge is 0.308 e. The molecule has 0 amide bonds. The van der Waals surface area contributed by atoms with E-state index < -0.39 is 0 Å². The highest BCUT2D eigenvalue weighted by Crippen LogP contribution is 2.50. The number of aromatic nitrogens is 2. The van der Waals surface area contributed by atoms with Crippen LogP contribution >= 0.6 is 11.3 Å². The molecular formula is C42H25N3S. The van der Waals surface area contributed by atoms with Gasteiger partial charge in [-0.3, -0.25) is 0 Å². The van der Waals surface area contributed by atoms with Crippen molar-refractivity contribution in [3.63, 3.8) is 0 Å². The second-order valence-corrected chi connectivity index (χ2v) is 13.2. The maximum atomic E-state index is 2.50. The van der Waals surface area contributed by atoms with Crippen molar-refractivity contribution >= 4 is 92.2 Å². The van der Waals surface area contributed by atoms with Crippen molar-refractivity contribution in [3.05, 3.63) is 152 Å². The second-order valence-electron chi connectivity index (χ2n) is 12.2. The quantitative estimate of drug-likeness (QED) is 0.192. The number of hydrogen-bond donors (Lipinski definition) is 0. The number of anilines is 3. The molecule has 0 saturated heterocycles. The van der Waals surface area contributed by atoms with Gasteiger partial charge in [-0.25, -0.2) is 0 Å². The zero-order chi connectivity index (χ0) is 29.9. The van der Waals surface area contributed by atoms with Crippen molar-refractivity contribution in [1.29, 1.82) is 0 Å². The average Bonchev–Trinajstić information content (AvgIpc) is 3.76. The standard InChI is InChI=1S/C42H25N3S/c1-2-12-26(13-3-1)43-34-19-7-8-20-35(34)45-39-24-31-27-14-4-6-18-33(27)44(38(31)25-32(39)29-16-10-21-36(43)41(29)45)37-22-11-17-30-28-15-5-9-23-40(28)46-42(30)37/h1-25H. The molecule has 46 heavy (non-hydrogen) atoms. The van der Waals surface area contributed by atoms with E-state index in [0.717, 1.165) is 5.69 Å². The third-order valence-corrected chi connectivity index (χ3v) is 11.0. The number of hydrogen-bond acceptors (Lipinski definition) is 2. The number of rotatable bonds is 2. The first-order chi connectivity index (χ1) is 22.8. The molecule has 0 aliphatic carbocycles. The van der Waals surface area contributed by atoms with Crippen LogP contribution in [0.15, 0.2) is 152 Å². The van der Waals surface area contributed by atoms with E-state index >= 15 is 0 Å². The van der Waals surface area contributed by atoms with Crippen LogP contribution in [0.4, 0.5) is 17.1 Å². The van der Waals surface area contributed by atoms with Crippen LogP contribution in [0.1, 0.15) is 0 Å². The van der Waals surface area contributed by atoms with E-state index in [9.17, 15) is 0 Å². The lowest BCUT2D eigenvalue weighted by molar-refractivity contribution is 1.11. The van der Waals surface area contributed by atoms with E-state index in [2.05, 4.69) is 166 Å². The van der Waals surface area contributed by atoms with Crippen molar-refractivity contribution in [2.45, 2.75) is 0 Å². The summed E-state index contributed by atoms with van der Waals surface area (Å²) < 4.78 is 7.64. The normalized spacial score (nSPS) is 12.7. The molecule has 0 bridgehead atoms. The minimum atomic E-state index is 1.16. The van der Waals surface area contributed by atoms with Gasteiger partial charge in [0.15, 0.2) is 0 Å². The Kier molecular flexibility index (Phi) is 4.72. The Morgan fingerprint density at radius 1 is 0.370 bits per heavy atom. The average molecular weight is 604 g/mol. The first-order valence-electron chi connectivity index (χ1n) is 15.7. The zero-order valence-electron chi connectivity index (χ0n) is 24.7. The van der Waals surface area contributed by atoms with Gasteiger partial charge in [-0.15, -0.1) is 11.3 Å². The van der Waals surface area contributed by atoms with Crippen LogP contribution in [0.3, 0.4) is 0 Å². The molecule has 4 heteroatoms. The zero-order valence-corrected chi connectivity index (χ0v) is 25.5. The molecule has 0 fully saturated rings. The molecule has 0 atom stereocenters. The molecule has 3 aromatic heterocycles. The number of thiophene rings is 1. The van der Waals surface area contributed by atoms with Crippen LogP contribution in [-0.2, 0) is 0 Å². The summed E-state index contributed by atoms with van der Waals surface area (Å²) in [5, 5.41) is 7.71. The van der Waals surface area contributed by atoms with Crippen LogP contribution in [0.5, 0.6) is 0 Å². The van der Waals surface area contributed by atoms with Crippen LogP contribution < -0.4 is 4.90 Å². The maximum Gasteiger partial charge on any atom is 0.0783 e. The topological polar surface area (TPSA) is 13.1 Å². The van der Waals surface area contributed by atoms with E-state index in [1.165, 1.54) is 86.5 Å². The fraction of sp³-hybridized carbons (Fsp3) is 0. The summed E-state index contributed by atoms with van der Waals surface area (Å²) >= 11 is 1.89. The molecule has 7 aromatic carbocycles. The lowest BCUT2D eigenvalue weighted by Crippen LogP contribution is -2.17. The maximum absolute atomic E-state index is 2.50. The minimum Gasteiger partial charge on any atom is -0.308 e. The monoisotopic (exact) mass is 603 g/mol. The molecule has 0 saturated carbocycles. The number of benzene rings is 7. The molecule has 3 nitrogen and oxygen atoms in total. The number of fused-ring (bicyclic) bond motifs is 11. The van der Waals surface area contributed by atoms with E-state index in [1.807, 2.05) is 11.3 Å². The van der Waals surface area contributed by atoms with Crippen LogP contribution in [0, 0.1) is 0 Å². The first-order valence-corrected chi connectivity index (χ1v) is 16.5. The van der Waals surface area contributed by atoms with Crippen molar-refractivity contribution < 1.29 is 0 Å². The van der Waals surface area contributed by atoms with Crippen molar-refractivity contribution in [3.8, 4) is 11.4 Å². The van der Waals surface area contributed by atoms with Gasteiger partial charge in [0.2, 0.25) is 0 Å². The van der Waals surface area contributed by atoms with E-state index in [-0.39, 0.29) is 0 Å². The fourth-order valence-electron chi connectivity index (χ4n) is 7.93. The molecule has 11 rings (SSSR count). The van der Waals surface area contributed by atoms with Gasteiger partial charge in [0.25, 0.3) is 0 Å². The van der Waals surface area contributed by atoms with E-state index in [4.69, 9.17) is 0 Å². The Morgan fingerprint density at radius 2 is 0.978 bits per heavy atom. The Balaban J connectivity index is 1.29. The smallest absolute Gasteiger partial charge is 0.0783 e. The van der Waals surface area contributed by atoms with Crippen molar-refractivity contribution in [1.82, 2.24) is 9.13 Å². The highest BCUT2D eigenvalue weighted by Gasteiger charge is 2.29. The molecule has 214 valence electrons. The summed E-state index contributed by atoms with van der Waals surface area (Å²) in [6, 6.07) is 55.6. The van der Waals surface area contributed by atoms with Crippen LogP contribution in [0.2, 0.25) is 0 Å². The fourth-order valence-corrected chi connectivity index (χ4v) is 9.14. The van der Waals surface area contributed by atoms with E-state index in [0.29, 0.717) is 0 Å². The summed E-state index contributed by atoms with van der Waals surface area (Å²) in [4.78, 5) is 2.41. The van der Waals surface area contributed by atoms with Crippen LogP contribution in [-0.4, -0.2) is 9.13 Å². The molecule has 1 aliphatic rings. The van der Waals surface area contributed by atoms with Gasteiger partial charge < -0.3 is 14.0 Å². The number of para-hydroxylation sites is 5. The van der Waals surface area contributed by atoms with Gasteiger partial charge in [-0.1, -0.05) is 91.0 Å². The van der Waals surface area contributed by atoms with Crippen LogP contribution in [0.25, 0.3) is 75.2 Å². The van der Waals surface area contributed by atoms with Crippen molar-refractivity contribution in [2.24, 2.45) is 0 Å². The summed E-state index contributed by atoms with van der Waals surface area (Å²) in [5.41, 5.74) is 10.9. The highest BCUT2D eigenvalue weighted by molar-refractivity contribution is 7.26. The van der Waals surface area contributed by atoms with Gasteiger partial charge in [0.05, 0.1) is 49.5 Å². The lowest BCUT2D eigenvalue weighted by atomic mass is 10.1. The lowest BCUT2D eigenvalue weighted by Gasteiger charge is -2.33. The molecule has 0 N–H and O–H groups in total. The van der Waals surface area contributed by atoms with Gasteiger partial charge in [-0.2, -0.15) is 0 Å². The Hall–Kier alpha value is -5.84. The Labute approximate surface area is 268 Å². The Morgan fingerprint density at radius 3 is 1.85 bits per heavy atom. The molecular weight excluding hydrogens is 579 g/mol. The first kappa shape index (κ1) is 24.5. The number of nitrogens with zero attached hydrogens (tertiary/aromatic N) is 3. The predicted molar refractivity (Wildman–Crippen MR) is 196 cm³/mol. The summed E-state index contributed by atoms with van der Waals surface area (Å²) in [5.74, 6) is 0. The highest BCUT2D eigenvalue weighted by atomic mass is 32.1. The van der Waals surface area contributed by atoms with Crippen molar-refractivity contribution in [2.75, 3.05) is 4.90 Å². The molecule has 0 radical (unpaired) electrons. The molecule has 10 aromatic rings. The van der Waals surface area contributed by atoms with Gasteiger partial charge in [-0.05, 0) is 60.7 Å². The Bertz CT molecular complexity index is 2870. The third kappa shape index (κ3) is 3.06. The van der Waals surface area contributed by atoms with E-state index in [1.54, 1.807) is 0 Å². The minimum absolute atomic E-state index is 1.16. The SMILES string of the molecule is c1ccc(N2c3ccccc3-n3c4cc5c6ccccc6n(-c6cccc7c6sc6ccccc67)c5cc4c4cccc2c43)cc1.